The van der Waals surface area contributed by atoms with Crippen LogP contribution in [0.5, 0.6) is 0 Å². The molecule has 0 saturated heterocycles. The minimum Gasteiger partial charge on any atom is -0.744 e. The summed E-state index contributed by atoms with van der Waals surface area (Å²) in [4.78, 5) is -0.205. The Bertz CT molecular complexity index is 400. The van der Waals surface area contributed by atoms with Gasteiger partial charge in [0, 0.05) is 5.38 Å². The summed E-state index contributed by atoms with van der Waals surface area (Å²) in [6, 6.07) is 5.81. The van der Waals surface area contributed by atoms with E-state index in [9.17, 15) is 13.0 Å². The fourth-order valence-corrected chi connectivity index (χ4v) is 1.76. The quantitative estimate of drug-likeness (QED) is 0.659. The zero-order valence-corrected chi connectivity index (χ0v) is 10.2. The van der Waals surface area contributed by atoms with Gasteiger partial charge in [-0.25, -0.2) is 8.42 Å². The van der Waals surface area contributed by atoms with E-state index < -0.39 is 10.1 Å². The first-order valence-corrected chi connectivity index (χ1v) is 5.93. The molecule has 15 heavy (non-hydrogen) atoms. The maximum atomic E-state index is 10.6. The Morgan fingerprint density at radius 1 is 1.33 bits per heavy atom. The Hall–Kier alpha value is -0.620. The van der Waals surface area contributed by atoms with Gasteiger partial charge in [0.2, 0.25) is 0 Å². The van der Waals surface area contributed by atoms with Crippen LogP contribution in [0.2, 0.25) is 0 Å². The summed E-state index contributed by atoms with van der Waals surface area (Å²) in [6.07, 6.45) is 0.654. The van der Waals surface area contributed by atoms with E-state index >= 15 is 0 Å². The molecule has 0 amide bonds. The lowest BCUT2D eigenvalue weighted by atomic mass is 10.1. The highest BCUT2D eigenvalue weighted by molar-refractivity contribution is 7.85. The van der Waals surface area contributed by atoms with Gasteiger partial charge in [0.15, 0.2) is 0 Å². The molecule has 1 aromatic carbocycles. The molecule has 4 N–H and O–H groups in total. The van der Waals surface area contributed by atoms with Crippen molar-refractivity contribution < 1.29 is 13.0 Å². The summed E-state index contributed by atoms with van der Waals surface area (Å²) in [5.74, 6) is 0. The van der Waals surface area contributed by atoms with Crippen molar-refractivity contribution in [2.45, 2.75) is 23.6 Å². The van der Waals surface area contributed by atoms with Crippen LogP contribution in [-0.2, 0) is 16.5 Å². The smallest absolute Gasteiger partial charge is 0.124 e. The lowest BCUT2D eigenvalue weighted by Gasteiger charge is -2.08. The average Bonchev–Trinajstić information content (AvgIpc) is 2.02. The number of alkyl halides is 1. The second-order valence-electron chi connectivity index (χ2n) is 3.08. The van der Waals surface area contributed by atoms with E-state index in [2.05, 4.69) is 0 Å². The molecule has 0 saturated carbocycles. The zero-order valence-electron chi connectivity index (χ0n) is 8.60. The molecule has 1 atom stereocenters. The van der Waals surface area contributed by atoms with E-state index in [4.69, 9.17) is 11.6 Å². The van der Waals surface area contributed by atoms with E-state index in [0.717, 1.165) is 5.56 Å². The van der Waals surface area contributed by atoms with Crippen molar-refractivity contribution in [1.82, 2.24) is 6.15 Å². The first kappa shape index (κ1) is 14.4. The van der Waals surface area contributed by atoms with Gasteiger partial charge in [0.05, 0.1) is 4.90 Å². The molecule has 0 aromatic heterocycles. The normalized spacial score (nSPS) is 13.0. The number of quaternary nitrogens is 1. The zero-order chi connectivity index (χ0) is 10.8. The molecule has 86 valence electrons. The van der Waals surface area contributed by atoms with Crippen molar-refractivity contribution in [3.63, 3.8) is 0 Å². The van der Waals surface area contributed by atoms with Crippen LogP contribution in [0.1, 0.15) is 12.5 Å². The third kappa shape index (κ3) is 4.61. The van der Waals surface area contributed by atoms with Gasteiger partial charge >= 0.3 is 0 Å². The molecule has 1 unspecified atom stereocenters. The van der Waals surface area contributed by atoms with E-state index in [0.29, 0.717) is 6.42 Å². The van der Waals surface area contributed by atoms with Crippen LogP contribution in [0, 0.1) is 0 Å². The molecule has 0 bridgehead atoms. The second kappa shape index (κ2) is 5.46. The van der Waals surface area contributed by atoms with Crippen molar-refractivity contribution in [1.29, 1.82) is 0 Å². The Morgan fingerprint density at radius 3 is 2.13 bits per heavy atom. The minimum absolute atomic E-state index is 0. The van der Waals surface area contributed by atoms with Crippen LogP contribution in [0.25, 0.3) is 0 Å². The molecule has 4 nitrogen and oxygen atoms in total. The predicted octanol–water partition coefficient (Wildman–Crippen LogP) is 2.14. The van der Waals surface area contributed by atoms with Gasteiger partial charge in [-0.15, -0.1) is 11.6 Å². The molecule has 0 radical (unpaired) electrons. The van der Waals surface area contributed by atoms with E-state index in [1.807, 2.05) is 6.92 Å². The summed E-state index contributed by atoms with van der Waals surface area (Å²) < 4.78 is 31.8. The molecule has 0 fully saturated rings. The fraction of sp³-hybridized carbons (Fsp3) is 0.333. The Balaban J connectivity index is 0.00000196. The summed E-state index contributed by atoms with van der Waals surface area (Å²) in [7, 11) is -4.33. The third-order valence-corrected chi connectivity index (χ3v) is 2.73. The lowest BCUT2D eigenvalue weighted by molar-refractivity contribution is 0.463. The number of halogens is 1. The maximum Gasteiger partial charge on any atom is 0.124 e. The summed E-state index contributed by atoms with van der Waals surface area (Å²) in [6.45, 7) is 1.85. The standard InChI is InChI=1S/C9H11ClO3S.H3N/c1-7(10)6-8-2-4-9(5-3-8)14(11,12)13;/h2-5,7H,6H2,1H3,(H,11,12,13);1H3. The molecule has 0 aliphatic carbocycles. The van der Waals surface area contributed by atoms with Crippen LogP contribution in [0.4, 0.5) is 0 Å². The summed E-state index contributed by atoms with van der Waals surface area (Å²) >= 11 is 5.76. The molecule has 0 spiro atoms. The Labute approximate surface area is 94.6 Å². The summed E-state index contributed by atoms with van der Waals surface area (Å²) in [5.41, 5.74) is 0.917. The first-order chi connectivity index (χ1) is 6.39. The van der Waals surface area contributed by atoms with Crippen molar-refractivity contribution in [3.8, 4) is 0 Å². The molecule has 1 aromatic rings. The van der Waals surface area contributed by atoms with Gasteiger partial charge in [-0.2, -0.15) is 0 Å². The number of hydrogen-bond donors (Lipinski definition) is 1. The monoisotopic (exact) mass is 251 g/mol. The average molecular weight is 252 g/mol. The SMILES string of the molecule is CC(Cl)Cc1ccc(S(=O)(=O)[O-])cc1.[NH4+]. The van der Waals surface area contributed by atoms with E-state index in [1.165, 1.54) is 12.1 Å². The third-order valence-electron chi connectivity index (χ3n) is 1.73. The van der Waals surface area contributed by atoms with Crippen LogP contribution in [0.15, 0.2) is 29.2 Å². The molecule has 0 heterocycles. The fourth-order valence-electron chi connectivity index (χ4n) is 1.12. The largest absolute Gasteiger partial charge is 0.744 e. The number of rotatable bonds is 3. The Morgan fingerprint density at radius 2 is 1.80 bits per heavy atom. The van der Waals surface area contributed by atoms with Crippen molar-refractivity contribution in [2.75, 3.05) is 0 Å². The molecule has 0 aliphatic heterocycles. The first-order valence-electron chi connectivity index (χ1n) is 4.08. The molecule has 0 aliphatic rings. The van der Waals surface area contributed by atoms with Crippen molar-refractivity contribution in [3.05, 3.63) is 29.8 Å². The number of benzene rings is 1. The van der Waals surface area contributed by atoms with Gasteiger partial charge < -0.3 is 10.7 Å². The van der Waals surface area contributed by atoms with Crippen LogP contribution in [0.3, 0.4) is 0 Å². The topological polar surface area (TPSA) is 93.7 Å². The Kier molecular flexibility index (Phi) is 5.23. The van der Waals surface area contributed by atoms with Crippen molar-refractivity contribution >= 4 is 21.7 Å². The minimum atomic E-state index is -4.33. The van der Waals surface area contributed by atoms with Crippen LogP contribution >= 0.6 is 11.6 Å². The van der Waals surface area contributed by atoms with Gasteiger partial charge in [-0.3, -0.25) is 0 Å². The van der Waals surface area contributed by atoms with Gasteiger partial charge in [-0.1, -0.05) is 12.1 Å². The number of hydrogen-bond acceptors (Lipinski definition) is 3. The van der Waals surface area contributed by atoms with Gasteiger partial charge in [0.1, 0.15) is 10.1 Å². The second-order valence-corrected chi connectivity index (χ2v) is 5.21. The van der Waals surface area contributed by atoms with E-state index in [1.54, 1.807) is 12.1 Å². The molecular weight excluding hydrogens is 238 g/mol. The van der Waals surface area contributed by atoms with Crippen molar-refractivity contribution in [2.24, 2.45) is 0 Å². The predicted molar refractivity (Wildman–Crippen MR) is 59.4 cm³/mol. The highest BCUT2D eigenvalue weighted by Gasteiger charge is 2.02. The van der Waals surface area contributed by atoms with Crippen LogP contribution in [-0.4, -0.2) is 18.3 Å². The highest BCUT2D eigenvalue weighted by Crippen LogP contribution is 2.12. The van der Waals surface area contributed by atoms with Gasteiger partial charge in [-0.05, 0) is 31.0 Å². The summed E-state index contributed by atoms with van der Waals surface area (Å²) in [5, 5.41) is -0.00953. The molecular formula is C9H14ClNO3S. The van der Waals surface area contributed by atoms with Crippen LogP contribution < -0.4 is 6.15 Å². The lowest BCUT2D eigenvalue weighted by Crippen LogP contribution is -2.00. The maximum absolute atomic E-state index is 10.6. The van der Waals surface area contributed by atoms with E-state index in [-0.39, 0.29) is 16.4 Å². The van der Waals surface area contributed by atoms with Gasteiger partial charge in [0.25, 0.3) is 0 Å². The molecule has 1 rings (SSSR count). The highest BCUT2D eigenvalue weighted by atomic mass is 35.5. The molecule has 6 heteroatoms.